The highest BCUT2D eigenvalue weighted by atomic mass is 16.7. The Labute approximate surface area is 126 Å². The molecule has 1 fully saturated rings. The fourth-order valence-corrected chi connectivity index (χ4v) is 1.85. The van der Waals surface area contributed by atoms with Crippen molar-refractivity contribution in [2.45, 2.75) is 59.0 Å². The first-order valence-electron chi connectivity index (χ1n) is 7.37. The number of aliphatic hydroxyl groups excluding tert-OH is 1. The highest BCUT2D eigenvalue weighted by molar-refractivity contribution is 5.75. The van der Waals surface area contributed by atoms with Gasteiger partial charge in [0.15, 0.2) is 5.79 Å². The topological polar surface area (TPSA) is 74.2 Å². The lowest BCUT2D eigenvalue weighted by Gasteiger charge is -2.23. The Morgan fingerprint density at radius 1 is 1.38 bits per heavy atom. The van der Waals surface area contributed by atoms with Crippen LogP contribution in [0.15, 0.2) is 0 Å². The molecule has 21 heavy (non-hydrogen) atoms. The van der Waals surface area contributed by atoms with Crippen molar-refractivity contribution in [3.63, 3.8) is 0 Å². The van der Waals surface area contributed by atoms with Gasteiger partial charge in [-0.2, -0.15) is 0 Å². The van der Waals surface area contributed by atoms with Crippen LogP contribution >= 0.6 is 0 Å². The van der Waals surface area contributed by atoms with Crippen molar-refractivity contribution < 1.29 is 28.8 Å². The van der Waals surface area contributed by atoms with Gasteiger partial charge in [0, 0.05) is 6.42 Å². The molecule has 0 radical (unpaired) electrons. The molecule has 1 aliphatic rings. The molecule has 0 aromatic heterocycles. The molecule has 0 aliphatic carbocycles. The highest BCUT2D eigenvalue weighted by Crippen LogP contribution is 2.25. The molecule has 124 valence electrons. The van der Waals surface area contributed by atoms with Gasteiger partial charge in [-0.3, -0.25) is 4.79 Å². The SMILES string of the molecule is CC1(C)OC[C@H]([C@H](CO)OCCCOC(=O)C(C)(C)C)O1. The van der Waals surface area contributed by atoms with Gasteiger partial charge in [-0.05, 0) is 34.6 Å². The van der Waals surface area contributed by atoms with E-state index in [0.29, 0.717) is 26.2 Å². The van der Waals surface area contributed by atoms with Crippen molar-refractivity contribution in [1.82, 2.24) is 0 Å². The normalized spacial score (nSPS) is 23.0. The molecule has 6 nitrogen and oxygen atoms in total. The maximum Gasteiger partial charge on any atom is 0.311 e. The summed E-state index contributed by atoms with van der Waals surface area (Å²) in [6.07, 6.45) is -0.123. The van der Waals surface area contributed by atoms with Crippen LogP contribution in [-0.2, 0) is 23.7 Å². The minimum Gasteiger partial charge on any atom is -0.465 e. The Hall–Kier alpha value is -0.690. The van der Waals surface area contributed by atoms with Crippen LogP contribution in [-0.4, -0.2) is 55.5 Å². The predicted octanol–water partition coefficient (Wildman–Crippen LogP) is 1.49. The zero-order valence-electron chi connectivity index (χ0n) is 13.7. The lowest BCUT2D eigenvalue weighted by molar-refractivity contribution is -0.162. The Morgan fingerprint density at radius 2 is 2.05 bits per heavy atom. The first-order valence-corrected chi connectivity index (χ1v) is 7.37. The summed E-state index contributed by atoms with van der Waals surface area (Å²) >= 11 is 0. The zero-order valence-corrected chi connectivity index (χ0v) is 13.7. The van der Waals surface area contributed by atoms with E-state index in [0.717, 1.165) is 0 Å². The standard InChI is InChI=1S/C15H28O6/c1-14(2,3)13(17)19-8-6-7-18-11(9-16)12-10-20-15(4,5)21-12/h11-12,16H,6-10H2,1-5H3/t11-,12+/m0/s1. The average molecular weight is 304 g/mol. The van der Waals surface area contributed by atoms with Crippen molar-refractivity contribution >= 4 is 5.97 Å². The molecule has 0 bridgehead atoms. The summed E-state index contributed by atoms with van der Waals surface area (Å²) in [6, 6.07) is 0. The van der Waals surface area contributed by atoms with Crippen molar-refractivity contribution in [2.24, 2.45) is 5.41 Å². The number of carbonyl (C=O) groups is 1. The molecule has 1 rings (SSSR count). The number of hydrogen-bond acceptors (Lipinski definition) is 6. The van der Waals surface area contributed by atoms with Crippen LogP contribution in [0.1, 0.15) is 41.0 Å². The molecule has 1 saturated heterocycles. The monoisotopic (exact) mass is 304 g/mol. The number of carbonyl (C=O) groups excluding carboxylic acids is 1. The molecule has 0 amide bonds. The van der Waals surface area contributed by atoms with Crippen LogP contribution in [0.3, 0.4) is 0 Å². The molecular weight excluding hydrogens is 276 g/mol. The molecule has 1 N–H and O–H groups in total. The van der Waals surface area contributed by atoms with Crippen LogP contribution in [0.5, 0.6) is 0 Å². The van der Waals surface area contributed by atoms with Gasteiger partial charge in [0.2, 0.25) is 0 Å². The van der Waals surface area contributed by atoms with Gasteiger partial charge >= 0.3 is 5.97 Å². The van der Waals surface area contributed by atoms with Crippen LogP contribution in [0.4, 0.5) is 0 Å². The minimum absolute atomic E-state index is 0.133. The Bertz CT molecular complexity index is 334. The Kier molecular flexibility index (Phi) is 6.59. The summed E-state index contributed by atoms with van der Waals surface area (Å²) in [5, 5.41) is 9.36. The van der Waals surface area contributed by atoms with Gasteiger partial charge in [0.05, 0.1) is 31.8 Å². The molecule has 2 atom stereocenters. The summed E-state index contributed by atoms with van der Waals surface area (Å²) < 4.78 is 21.8. The van der Waals surface area contributed by atoms with E-state index in [1.54, 1.807) is 0 Å². The van der Waals surface area contributed by atoms with Gasteiger partial charge in [0.25, 0.3) is 0 Å². The first-order chi connectivity index (χ1) is 9.65. The highest BCUT2D eigenvalue weighted by Gasteiger charge is 2.37. The second-order valence-electron chi connectivity index (χ2n) is 6.70. The van der Waals surface area contributed by atoms with Crippen molar-refractivity contribution in [1.29, 1.82) is 0 Å². The van der Waals surface area contributed by atoms with E-state index >= 15 is 0 Å². The molecule has 0 spiro atoms. The fraction of sp³-hybridized carbons (Fsp3) is 0.933. The smallest absolute Gasteiger partial charge is 0.311 e. The minimum atomic E-state index is -0.635. The number of hydrogen-bond donors (Lipinski definition) is 1. The molecular formula is C15H28O6. The maximum absolute atomic E-state index is 11.6. The third-order valence-electron chi connectivity index (χ3n) is 3.09. The van der Waals surface area contributed by atoms with Gasteiger partial charge in [-0.15, -0.1) is 0 Å². The maximum atomic E-state index is 11.6. The zero-order chi connectivity index (χ0) is 16.1. The third kappa shape index (κ3) is 6.30. The number of rotatable bonds is 7. The predicted molar refractivity (Wildman–Crippen MR) is 76.8 cm³/mol. The third-order valence-corrected chi connectivity index (χ3v) is 3.09. The lowest BCUT2D eigenvalue weighted by Crippen LogP contribution is -2.36. The summed E-state index contributed by atoms with van der Waals surface area (Å²) in [5.41, 5.74) is -0.491. The molecule has 1 heterocycles. The van der Waals surface area contributed by atoms with Crippen LogP contribution in [0, 0.1) is 5.41 Å². The Balaban J connectivity index is 2.20. The van der Waals surface area contributed by atoms with Gasteiger partial charge in [-0.25, -0.2) is 0 Å². The quantitative estimate of drug-likeness (QED) is 0.567. The van der Waals surface area contributed by atoms with Crippen LogP contribution in [0.2, 0.25) is 0 Å². The molecule has 0 aromatic rings. The van der Waals surface area contributed by atoms with E-state index < -0.39 is 17.3 Å². The van der Waals surface area contributed by atoms with Crippen LogP contribution < -0.4 is 0 Å². The Morgan fingerprint density at radius 3 is 2.52 bits per heavy atom. The number of aliphatic hydroxyl groups is 1. The largest absolute Gasteiger partial charge is 0.465 e. The summed E-state index contributed by atoms with van der Waals surface area (Å²) in [4.78, 5) is 11.6. The van der Waals surface area contributed by atoms with E-state index in [1.165, 1.54) is 0 Å². The fourth-order valence-electron chi connectivity index (χ4n) is 1.85. The molecule has 0 aromatic carbocycles. The first kappa shape index (κ1) is 18.4. The summed E-state index contributed by atoms with van der Waals surface area (Å²) in [5.74, 6) is -0.862. The van der Waals surface area contributed by atoms with Crippen molar-refractivity contribution in [3.8, 4) is 0 Å². The number of ether oxygens (including phenoxy) is 4. The lowest BCUT2D eigenvalue weighted by atomic mass is 9.97. The van der Waals surface area contributed by atoms with E-state index in [-0.39, 0.29) is 18.7 Å². The molecule has 1 aliphatic heterocycles. The molecule has 6 heteroatoms. The molecule has 0 saturated carbocycles. The summed E-state index contributed by atoms with van der Waals surface area (Å²) in [7, 11) is 0. The van der Waals surface area contributed by atoms with Gasteiger partial charge < -0.3 is 24.1 Å². The van der Waals surface area contributed by atoms with Crippen LogP contribution in [0.25, 0.3) is 0 Å². The van der Waals surface area contributed by atoms with E-state index in [9.17, 15) is 9.90 Å². The van der Waals surface area contributed by atoms with E-state index in [4.69, 9.17) is 18.9 Å². The van der Waals surface area contributed by atoms with Crippen molar-refractivity contribution in [2.75, 3.05) is 26.4 Å². The molecule has 0 unspecified atom stereocenters. The second-order valence-corrected chi connectivity index (χ2v) is 6.70. The number of esters is 1. The van der Waals surface area contributed by atoms with Gasteiger partial charge in [0.1, 0.15) is 12.2 Å². The van der Waals surface area contributed by atoms with E-state index in [1.807, 2.05) is 34.6 Å². The van der Waals surface area contributed by atoms with E-state index in [2.05, 4.69) is 0 Å². The summed E-state index contributed by atoms with van der Waals surface area (Å²) in [6.45, 7) is 10.1. The second kappa shape index (κ2) is 7.54. The van der Waals surface area contributed by atoms with Crippen molar-refractivity contribution in [3.05, 3.63) is 0 Å². The average Bonchev–Trinajstić information content (AvgIpc) is 2.72. The van der Waals surface area contributed by atoms with Gasteiger partial charge in [-0.1, -0.05) is 0 Å².